The Labute approximate surface area is 86.4 Å². The molecule has 0 aromatic heterocycles. The van der Waals surface area contributed by atoms with E-state index in [1.54, 1.807) is 24.3 Å². The van der Waals surface area contributed by atoms with Crippen molar-refractivity contribution in [3.05, 3.63) is 30.3 Å². The fourth-order valence-corrected chi connectivity index (χ4v) is 0.886. The Morgan fingerprint density at radius 3 is 1.93 bits per heavy atom. The average molecular weight is 216 g/mol. The fourth-order valence-electron chi connectivity index (χ4n) is 0.576. The summed E-state index contributed by atoms with van der Waals surface area (Å²) in [5.41, 5.74) is 0. The Hall–Kier alpha value is -0.630. The highest BCUT2D eigenvalue weighted by Crippen LogP contribution is 2.27. The molecule has 0 atom stereocenters. The minimum absolute atomic E-state index is 0.471. The molecule has 0 spiro atoms. The van der Waals surface area contributed by atoms with E-state index >= 15 is 0 Å². The van der Waals surface area contributed by atoms with Gasteiger partial charge in [-0.15, -0.1) is 0 Å². The molecule has 1 aromatic carbocycles. The summed E-state index contributed by atoms with van der Waals surface area (Å²) >= 11 is 0. The summed E-state index contributed by atoms with van der Waals surface area (Å²) in [6.45, 7) is 4.36. The molecule has 0 aliphatic carbocycles. The molecule has 0 aliphatic rings. The van der Waals surface area contributed by atoms with Crippen LogP contribution in [0.3, 0.4) is 0 Å². The summed E-state index contributed by atoms with van der Waals surface area (Å²) in [5.74, 6) is 0.471. The molecule has 14 heavy (non-hydrogen) atoms. The van der Waals surface area contributed by atoms with Gasteiger partial charge in [0.2, 0.25) is 0 Å². The van der Waals surface area contributed by atoms with Crippen LogP contribution in [-0.2, 0) is 0 Å². The summed E-state index contributed by atoms with van der Waals surface area (Å²) in [6, 6.07) is 8.65. The smallest absolute Gasteiger partial charge is 0.391 e. The second kappa shape index (κ2) is 8.95. The van der Waals surface area contributed by atoms with Crippen LogP contribution in [0.15, 0.2) is 30.3 Å². The average Bonchev–Trinajstić information content (AvgIpc) is 2.19. The Morgan fingerprint density at radius 1 is 1.07 bits per heavy atom. The van der Waals surface area contributed by atoms with Gasteiger partial charge < -0.3 is 14.3 Å². The van der Waals surface area contributed by atoms with Crippen molar-refractivity contribution in [2.45, 2.75) is 26.7 Å². The Bertz CT molecular complexity index is 212. The molecule has 0 saturated carbocycles. The normalized spacial score (nSPS) is 9.21. The Kier molecular flexibility index (Phi) is 8.54. The first-order valence-electron chi connectivity index (χ1n) is 4.61. The topological polar surface area (TPSA) is 49.7 Å². The number of hydrogen-bond donors (Lipinski definition) is 2. The third-order valence-corrected chi connectivity index (χ3v) is 1.80. The van der Waals surface area contributed by atoms with Crippen LogP contribution >= 0.6 is 8.60 Å². The number of unbranched alkanes of at least 4 members (excludes halogenated alkanes) is 1. The first-order chi connectivity index (χ1) is 6.70. The molecule has 4 heteroatoms. The molecule has 0 heterocycles. The zero-order valence-corrected chi connectivity index (χ0v) is 9.45. The number of hydrogen-bond acceptors (Lipinski definition) is 3. The second-order valence-corrected chi connectivity index (χ2v) is 3.35. The van der Waals surface area contributed by atoms with Gasteiger partial charge in [0.05, 0.1) is 0 Å². The molecule has 1 aromatic rings. The van der Waals surface area contributed by atoms with Gasteiger partial charge in [0, 0.05) is 0 Å². The quantitative estimate of drug-likeness (QED) is 0.763. The van der Waals surface area contributed by atoms with Gasteiger partial charge >= 0.3 is 8.60 Å². The maximum atomic E-state index is 8.40. The molecule has 0 fully saturated rings. The molecule has 3 nitrogen and oxygen atoms in total. The van der Waals surface area contributed by atoms with E-state index in [2.05, 4.69) is 18.4 Å². The summed E-state index contributed by atoms with van der Waals surface area (Å²) in [4.78, 5) is 16.8. The van der Waals surface area contributed by atoms with Crippen molar-refractivity contribution in [2.24, 2.45) is 0 Å². The van der Waals surface area contributed by atoms with Crippen molar-refractivity contribution in [3.8, 4) is 5.75 Å². The molecule has 1 rings (SSSR count). The van der Waals surface area contributed by atoms with Crippen LogP contribution in [0, 0.1) is 0 Å². The molecular weight excluding hydrogens is 199 g/mol. The van der Waals surface area contributed by atoms with E-state index in [9.17, 15) is 0 Å². The van der Waals surface area contributed by atoms with E-state index in [1.807, 2.05) is 6.07 Å². The monoisotopic (exact) mass is 216 g/mol. The number of rotatable bonds is 3. The Morgan fingerprint density at radius 2 is 1.57 bits per heavy atom. The largest absolute Gasteiger partial charge is 0.427 e. The Balaban J connectivity index is 0.000000364. The van der Waals surface area contributed by atoms with Crippen molar-refractivity contribution in [2.75, 3.05) is 0 Å². The maximum Gasteiger partial charge on any atom is 0.391 e. The highest BCUT2D eigenvalue weighted by molar-refractivity contribution is 7.39. The zero-order valence-electron chi connectivity index (χ0n) is 8.55. The third kappa shape index (κ3) is 7.99. The second-order valence-electron chi connectivity index (χ2n) is 2.66. The molecule has 0 aliphatic heterocycles. The van der Waals surface area contributed by atoms with Gasteiger partial charge in [0.25, 0.3) is 0 Å². The molecule has 0 bridgehead atoms. The van der Waals surface area contributed by atoms with Gasteiger partial charge in [0.15, 0.2) is 0 Å². The number of benzene rings is 1. The van der Waals surface area contributed by atoms with Crippen molar-refractivity contribution in [3.63, 3.8) is 0 Å². The lowest BCUT2D eigenvalue weighted by atomic mass is 10.3. The summed E-state index contributed by atoms with van der Waals surface area (Å²) in [6.07, 6.45) is 2.64. The molecular formula is C10H17O3P. The number of para-hydroxylation sites is 1. The van der Waals surface area contributed by atoms with E-state index in [0.717, 1.165) is 0 Å². The highest BCUT2D eigenvalue weighted by atomic mass is 31.2. The standard InChI is InChI=1S/C6H7O3P.C4H10/c7-10(8)9-6-4-2-1-3-5-6;1-3-4-2/h1-5,7-8H;3-4H2,1-2H3. The lowest BCUT2D eigenvalue weighted by Crippen LogP contribution is -1.82. The lowest BCUT2D eigenvalue weighted by molar-refractivity contribution is 0.375. The SMILES string of the molecule is CCCC.OP(O)Oc1ccccc1. The minimum atomic E-state index is -2.28. The van der Waals surface area contributed by atoms with E-state index in [1.165, 1.54) is 12.8 Å². The highest BCUT2D eigenvalue weighted by Gasteiger charge is 1.99. The zero-order chi connectivity index (χ0) is 10.8. The third-order valence-electron chi connectivity index (χ3n) is 1.43. The first-order valence-corrected chi connectivity index (χ1v) is 5.78. The molecule has 0 saturated heterocycles. The predicted octanol–water partition coefficient (Wildman–Crippen LogP) is 3.08. The van der Waals surface area contributed by atoms with Gasteiger partial charge in [0.1, 0.15) is 5.75 Å². The van der Waals surface area contributed by atoms with Gasteiger partial charge in [-0.2, -0.15) is 0 Å². The van der Waals surface area contributed by atoms with Crippen LogP contribution < -0.4 is 4.52 Å². The van der Waals surface area contributed by atoms with Gasteiger partial charge in [-0.05, 0) is 12.1 Å². The molecule has 0 radical (unpaired) electrons. The van der Waals surface area contributed by atoms with Crippen molar-refractivity contribution in [1.82, 2.24) is 0 Å². The van der Waals surface area contributed by atoms with Gasteiger partial charge in [-0.1, -0.05) is 44.9 Å². The van der Waals surface area contributed by atoms with Crippen LogP contribution in [0.5, 0.6) is 5.75 Å². The van der Waals surface area contributed by atoms with Gasteiger partial charge in [-0.3, -0.25) is 0 Å². The molecule has 2 N–H and O–H groups in total. The predicted molar refractivity (Wildman–Crippen MR) is 59.0 cm³/mol. The molecule has 0 amide bonds. The van der Waals surface area contributed by atoms with Crippen LogP contribution in [0.4, 0.5) is 0 Å². The summed E-state index contributed by atoms with van der Waals surface area (Å²) in [7, 11) is -2.28. The van der Waals surface area contributed by atoms with Crippen molar-refractivity contribution < 1.29 is 14.3 Å². The minimum Gasteiger partial charge on any atom is -0.427 e. The van der Waals surface area contributed by atoms with Crippen LogP contribution in [0.2, 0.25) is 0 Å². The van der Waals surface area contributed by atoms with Crippen LogP contribution in [0.1, 0.15) is 26.7 Å². The summed E-state index contributed by atoms with van der Waals surface area (Å²) in [5, 5.41) is 0. The van der Waals surface area contributed by atoms with E-state index in [4.69, 9.17) is 9.79 Å². The molecule has 80 valence electrons. The van der Waals surface area contributed by atoms with Crippen LogP contribution in [0.25, 0.3) is 0 Å². The first kappa shape index (κ1) is 13.4. The van der Waals surface area contributed by atoms with Crippen molar-refractivity contribution >= 4 is 8.60 Å². The van der Waals surface area contributed by atoms with Crippen molar-refractivity contribution in [1.29, 1.82) is 0 Å². The van der Waals surface area contributed by atoms with E-state index < -0.39 is 8.60 Å². The van der Waals surface area contributed by atoms with Gasteiger partial charge in [-0.25, -0.2) is 0 Å². The maximum absolute atomic E-state index is 8.40. The summed E-state index contributed by atoms with van der Waals surface area (Å²) < 4.78 is 4.59. The lowest BCUT2D eigenvalue weighted by Gasteiger charge is -2.02. The fraction of sp³-hybridized carbons (Fsp3) is 0.400. The van der Waals surface area contributed by atoms with Crippen LogP contribution in [-0.4, -0.2) is 9.79 Å². The molecule has 0 unspecified atom stereocenters. The van der Waals surface area contributed by atoms with E-state index in [-0.39, 0.29) is 0 Å². The van der Waals surface area contributed by atoms with E-state index in [0.29, 0.717) is 5.75 Å².